The van der Waals surface area contributed by atoms with Crippen LogP contribution in [0.25, 0.3) is 0 Å². The second-order valence-electron chi connectivity index (χ2n) is 4.69. The lowest BCUT2D eigenvalue weighted by Crippen LogP contribution is -2.19. The molecule has 1 unspecified atom stereocenters. The molecule has 0 amide bonds. The number of benzene rings is 1. The van der Waals surface area contributed by atoms with Gasteiger partial charge in [-0.1, -0.05) is 0 Å². The fourth-order valence-corrected chi connectivity index (χ4v) is 2.05. The molecule has 0 aliphatic heterocycles. The first-order valence-corrected chi connectivity index (χ1v) is 6.60. The first kappa shape index (κ1) is 15.3. The summed E-state index contributed by atoms with van der Waals surface area (Å²) in [6.45, 7) is 4.21. The number of ether oxygens (including phenoxy) is 2. The number of aromatic nitrogens is 1. The molecule has 0 aliphatic carbocycles. The Bertz CT molecular complexity index is 613. The highest BCUT2D eigenvalue weighted by atomic mass is 19.1. The first-order valence-electron chi connectivity index (χ1n) is 6.60. The van der Waals surface area contributed by atoms with Gasteiger partial charge < -0.3 is 19.2 Å². The molecule has 0 fully saturated rings. The van der Waals surface area contributed by atoms with Crippen molar-refractivity contribution in [1.82, 2.24) is 10.3 Å². The number of nitrogens with zero attached hydrogens (tertiary/aromatic N) is 1. The summed E-state index contributed by atoms with van der Waals surface area (Å²) in [4.78, 5) is 4.02. The summed E-state index contributed by atoms with van der Waals surface area (Å²) in [5.74, 6) is 1.26. The van der Waals surface area contributed by atoms with Gasteiger partial charge in [0.2, 0.25) is 0 Å². The minimum absolute atomic E-state index is 0.214. The number of nitrogens with one attached hydrogen (secondary N) is 1. The molecule has 114 valence electrons. The predicted octanol–water partition coefficient (Wildman–Crippen LogP) is 2.99. The van der Waals surface area contributed by atoms with Crippen LogP contribution in [-0.4, -0.2) is 19.2 Å². The molecule has 0 saturated heterocycles. The standard InChI is InChI=1S/C15H19FN2O3/c1-9(17-7-15-10(2)18-8-21-15)11-5-13(19-3)14(20-4)6-12(11)16/h5-6,8-9,17H,7H2,1-4H3. The van der Waals surface area contributed by atoms with Gasteiger partial charge in [0, 0.05) is 17.7 Å². The van der Waals surface area contributed by atoms with Gasteiger partial charge in [0.25, 0.3) is 0 Å². The summed E-state index contributed by atoms with van der Waals surface area (Å²) in [6.07, 6.45) is 1.40. The molecule has 1 aromatic heterocycles. The lowest BCUT2D eigenvalue weighted by Gasteiger charge is -2.17. The average Bonchev–Trinajstić information content (AvgIpc) is 2.89. The van der Waals surface area contributed by atoms with E-state index >= 15 is 0 Å². The molecule has 0 aliphatic rings. The number of aryl methyl sites for hydroxylation is 1. The quantitative estimate of drug-likeness (QED) is 0.887. The highest BCUT2D eigenvalue weighted by Gasteiger charge is 2.16. The molecule has 2 rings (SSSR count). The maximum atomic E-state index is 14.1. The Balaban J connectivity index is 2.15. The highest BCUT2D eigenvalue weighted by molar-refractivity contribution is 5.44. The number of rotatable bonds is 6. The van der Waals surface area contributed by atoms with Crippen molar-refractivity contribution in [3.63, 3.8) is 0 Å². The lowest BCUT2D eigenvalue weighted by atomic mass is 10.1. The molecule has 1 atom stereocenters. The van der Waals surface area contributed by atoms with Crippen molar-refractivity contribution in [2.45, 2.75) is 26.4 Å². The SMILES string of the molecule is COc1cc(F)c(C(C)NCc2ocnc2C)cc1OC. The zero-order valence-corrected chi connectivity index (χ0v) is 12.6. The molecule has 0 radical (unpaired) electrons. The van der Waals surface area contributed by atoms with E-state index in [4.69, 9.17) is 13.9 Å². The summed E-state index contributed by atoms with van der Waals surface area (Å²) in [7, 11) is 3.00. The Morgan fingerprint density at radius 3 is 2.52 bits per heavy atom. The van der Waals surface area contributed by atoms with Gasteiger partial charge in [0.15, 0.2) is 17.9 Å². The Morgan fingerprint density at radius 1 is 1.29 bits per heavy atom. The lowest BCUT2D eigenvalue weighted by molar-refractivity contribution is 0.350. The van der Waals surface area contributed by atoms with Crippen molar-refractivity contribution in [2.24, 2.45) is 0 Å². The van der Waals surface area contributed by atoms with Crippen LogP contribution in [0.2, 0.25) is 0 Å². The second kappa shape index (κ2) is 6.58. The summed E-state index contributed by atoms with van der Waals surface area (Å²) in [5.41, 5.74) is 1.33. The van der Waals surface area contributed by atoms with Crippen molar-refractivity contribution in [3.8, 4) is 11.5 Å². The largest absolute Gasteiger partial charge is 0.493 e. The number of oxazole rings is 1. The number of halogens is 1. The van der Waals surface area contributed by atoms with Crippen molar-refractivity contribution < 1.29 is 18.3 Å². The molecule has 1 N–H and O–H groups in total. The number of methoxy groups -OCH3 is 2. The molecule has 5 nitrogen and oxygen atoms in total. The van der Waals surface area contributed by atoms with Gasteiger partial charge in [-0.2, -0.15) is 0 Å². The topological polar surface area (TPSA) is 56.5 Å². The van der Waals surface area contributed by atoms with Gasteiger partial charge in [-0.05, 0) is 19.9 Å². The van der Waals surface area contributed by atoms with Crippen molar-refractivity contribution in [3.05, 3.63) is 41.4 Å². The van der Waals surface area contributed by atoms with Gasteiger partial charge in [-0.25, -0.2) is 9.37 Å². The summed E-state index contributed by atoms with van der Waals surface area (Å²) < 4.78 is 29.7. The molecule has 0 saturated carbocycles. The third kappa shape index (κ3) is 3.33. The van der Waals surface area contributed by atoms with Crippen LogP contribution in [0.15, 0.2) is 22.9 Å². The number of hydrogen-bond donors (Lipinski definition) is 1. The minimum atomic E-state index is -0.345. The van der Waals surface area contributed by atoms with Crippen LogP contribution in [0.5, 0.6) is 11.5 Å². The zero-order chi connectivity index (χ0) is 15.4. The van der Waals surface area contributed by atoms with Crippen molar-refractivity contribution >= 4 is 0 Å². The molecule has 0 bridgehead atoms. The van der Waals surface area contributed by atoms with E-state index in [0.29, 0.717) is 23.6 Å². The Labute approximate surface area is 123 Å². The summed E-state index contributed by atoms with van der Waals surface area (Å²) >= 11 is 0. The molecular weight excluding hydrogens is 275 g/mol. The van der Waals surface area contributed by atoms with Crippen molar-refractivity contribution in [2.75, 3.05) is 14.2 Å². The highest BCUT2D eigenvalue weighted by Crippen LogP contribution is 2.32. The fraction of sp³-hybridized carbons (Fsp3) is 0.400. The second-order valence-corrected chi connectivity index (χ2v) is 4.69. The normalized spacial score (nSPS) is 12.2. The van der Waals surface area contributed by atoms with Crippen LogP contribution in [0.4, 0.5) is 4.39 Å². The predicted molar refractivity (Wildman–Crippen MR) is 76.0 cm³/mol. The third-order valence-electron chi connectivity index (χ3n) is 3.38. The van der Waals surface area contributed by atoms with E-state index in [0.717, 1.165) is 11.5 Å². The van der Waals surface area contributed by atoms with Crippen LogP contribution < -0.4 is 14.8 Å². The van der Waals surface area contributed by atoms with Crippen LogP contribution in [0.3, 0.4) is 0 Å². The van der Waals surface area contributed by atoms with E-state index < -0.39 is 0 Å². The molecule has 21 heavy (non-hydrogen) atoms. The number of hydrogen-bond acceptors (Lipinski definition) is 5. The Kier molecular flexibility index (Phi) is 4.80. The maximum Gasteiger partial charge on any atom is 0.181 e. The molecular formula is C15H19FN2O3. The van der Waals surface area contributed by atoms with Crippen LogP contribution in [-0.2, 0) is 6.54 Å². The summed E-state index contributed by atoms with van der Waals surface area (Å²) in [6, 6.07) is 2.75. The van der Waals surface area contributed by atoms with Gasteiger partial charge in [-0.15, -0.1) is 0 Å². The molecule has 1 aromatic carbocycles. The van der Waals surface area contributed by atoms with E-state index in [2.05, 4.69) is 10.3 Å². The van der Waals surface area contributed by atoms with Gasteiger partial charge in [0.1, 0.15) is 11.6 Å². The Hall–Kier alpha value is -2.08. The molecule has 1 heterocycles. The monoisotopic (exact) mass is 294 g/mol. The van der Waals surface area contributed by atoms with Gasteiger partial charge in [0.05, 0.1) is 26.5 Å². The van der Waals surface area contributed by atoms with E-state index in [9.17, 15) is 4.39 Å². The van der Waals surface area contributed by atoms with Gasteiger partial charge >= 0.3 is 0 Å². The van der Waals surface area contributed by atoms with E-state index in [1.54, 1.807) is 6.07 Å². The average molecular weight is 294 g/mol. The smallest absolute Gasteiger partial charge is 0.181 e. The van der Waals surface area contributed by atoms with Crippen molar-refractivity contribution in [1.29, 1.82) is 0 Å². The van der Waals surface area contributed by atoms with E-state index in [1.165, 1.54) is 26.7 Å². The van der Waals surface area contributed by atoms with E-state index in [-0.39, 0.29) is 11.9 Å². The van der Waals surface area contributed by atoms with E-state index in [1.807, 2.05) is 13.8 Å². The fourth-order valence-electron chi connectivity index (χ4n) is 2.05. The third-order valence-corrected chi connectivity index (χ3v) is 3.38. The van der Waals surface area contributed by atoms with Crippen LogP contribution in [0, 0.1) is 12.7 Å². The Morgan fingerprint density at radius 2 is 1.95 bits per heavy atom. The summed E-state index contributed by atoms with van der Waals surface area (Å²) in [5, 5.41) is 3.20. The maximum absolute atomic E-state index is 14.1. The first-order chi connectivity index (χ1) is 10.1. The molecule has 0 spiro atoms. The minimum Gasteiger partial charge on any atom is -0.493 e. The van der Waals surface area contributed by atoms with Crippen LogP contribution in [0.1, 0.15) is 30.0 Å². The van der Waals surface area contributed by atoms with Crippen LogP contribution >= 0.6 is 0 Å². The molecule has 2 aromatic rings. The van der Waals surface area contributed by atoms with Gasteiger partial charge in [-0.3, -0.25) is 0 Å². The molecule has 6 heteroatoms. The zero-order valence-electron chi connectivity index (χ0n) is 12.6.